The first-order valence-corrected chi connectivity index (χ1v) is 10.4. The fourth-order valence-electron chi connectivity index (χ4n) is 2.55. The van der Waals surface area contributed by atoms with Gasteiger partial charge in [-0.3, -0.25) is 9.52 Å². The molecule has 0 spiro atoms. The molecule has 3 rings (SSSR count). The summed E-state index contributed by atoms with van der Waals surface area (Å²) >= 11 is 5.79. The second kappa shape index (κ2) is 8.78. The van der Waals surface area contributed by atoms with Gasteiger partial charge in [-0.15, -0.1) is 0 Å². The van der Waals surface area contributed by atoms with Crippen LogP contribution in [0.15, 0.2) is 77.7 Å². The Labute approximate surface area is 173 Å². The molecule has 0 saturated carbocycles. The van der Waals surface area contributed by atoms with Gasteiger partial charge < -0.3 is 5.32 Å². The number of nitrogens with zero attached hydrogens (tertiary/aromatic N) is 1. The van der Waals surface area contributed by atoms with Gasteiger partial charge in [0.15, 0.2) is 0 Å². The van der Waals surface area contributed by atoms with Crippen molar-refractivity contribution in [1.29, 1.82) is 5.26 Å². The molecule has 8 heteroatoms. The lowest BCUT2D eigenvalue weighted by molar-refractivity contribution is 0.102. The highest BCUT2D eigenvalue weighted by Crippen LogP contribution is 2.20. The van der Waals surface area contributed by atoms with Gasteiger partial charge in [0, 0.05) is 22.0 Å². The minimum Gasteiger partial charge on any atom is -0.322 e. The number of nitriles is 1. The van der Waals surface area contributed by atoms with Gasteiger partial charge in [0.05, 0.1) is 17.4 Å². The van der Waals surface area contributed by atoms with Crippen LogP contribution in [0.5, 0.6) is 0 Å². The predicted molar refractivity (Wildman–Crippen MR) is 112 cm³/mol. The van der Waals surface area contributed by atoms with Crippen LogP contribution in [0.1, 0.15) is 15.9 Å². The lowest BCUT2D eigenvalue weighted by Gasteiger charge is -2.10. The molecule has 3 aromatic rings. The van der Waals surface area contributed by atoms with E-state index in [4.69, 9.17) is 16.9 Å². The summed E-state index contributed by atoms with van der Waals surface area (Å²) in [6.07, 6.45) is 0.296. The van der Waals surface area contributed by atoms with Crippen LogP contribution in [-0.4, -0.2) is 14.3 Å². The Balaban J connectivity index is 1.74. The average molecular weight is 426 g/mol. The number of hydrogen-bond acceptors (Lipinski definition) is 4. The van der Waals surface area contributed by atoms with E-state index in [0.717, 1.165) is 5.56 Å². The molecule has 0 aromatic heterocycles. The quantitative estimate of drug-likeness (QED) is 0.609. The van der Waals surface area contributed by atoms with Crippen LogP contribution in [0.2, 0.25) is 5.02 Å². The number of amides is 1. The van der Waals surface area contributed by atoms with Crippen molar-refractivity contribution in [2.24, 2.45) is 0 Å². The van der Waals surface area contributed by atoms with Gasteiger partial charge in [-0.2, -0.15) is 5.26 Å². The zero-order valence-electron chi connectivity index (χ0n) is 15.1. The number of carbonyl (C=O) groups excluding carboxylic acids is 1. The Morgan fingerprint density at radius 3 is 2.31 bits per heavy atom. The maximum Gasteiger partial charge on any atom is 0.261 e. The zero-order valence-corrected chi connectivity index (χ0v) is 16.7. The summed E-state index contributed by atoms with van der Waals surface area (Å²) in [5.74, 6) is -0.384. The van der Waals surface area contributed by atoms with Crippen LogP contribution in [0, 0.1) is 11.3 Å². The maximum absolute atomic E-state index is 12.5. The number of hydrogen-bond donors (Lipinski definition) is 2. The average Bonchev–Trinajstić information content (AvgIpc) is 2.70. The van der Waals surface area contributed by atoms with Gasteiger partial charge in [-0.25, -0.2) is 8.42 Å². The molecule has 1 amide bonds. The summed E-state index contributed by atoms with van der Waals surface area (Å²) in [5.41, 5.74) is 1.98. The van der Waals surface area contributed by atoms with Crippen molar-refractivity contribution in [1.82, 2.24) is 0 Å². The van der Waals surface area contributed by atoms with Gasteiger partial charge in [0.1, 0.15) is 0 Å². The second-order valence-corrected chi connectivity index (χ2v) is 8.24. The molecular weight excluding hydrogens is 410 g/mol. The number of sulfonamides is 1. The first kappa shape index (κ1) is 20.4. The van der Waals surface area contributed by atoms with Crippen molar-refractivity contribution in [2.75, 3.05) is 10.0 Å². The van der Waals surface area contributed by atoms with Crippen molar-refractivity contribution in [3.05, 3.63) is 88.9 Å². The summed E-state index contributed by atoms with van der Waals surface area (Å²) in [7, 11) is -3.81. The third kappa shape index (κ3) is 5.35. The predicted octanol–water partition coefficient (Wildman–Crippen LogP) is 4.46. The van der Waals surface area contributed by atoms with E-state index in [0.29, 0.717) is 22.7 Å². The van der Waals surface area contributed by atoms with E-state index in [9.17, 15) is 13.2 Å². The summed E-state index contributed by atoms with van der Waals surface area (Å²) in [6, 6.07) is 20.9. The lowest BCUT2D eigenvalue weighted by atomic mass is 10.1. The highest BCUT2D eigenvalue weighted by molar-refractivity contribution is 7.92. The van der Waals surface area contributed by atoms with E-state index >= 15 is 0 Å². The topological polar surface area (TPSA) is 99.1 Å². The van der Waals surface area contributed by atoms with Crippen LogP contribution in [0.25, 0.3) is 0 Å². The van der Waals surface area contributed by atoms with E-state index in [2.05, 4.69) is 16.1 Å². The molecule has 0 fully saturated rings. The number of carbonyl (C=O) groups is 1. The smallest absolute Gasteiger partial charge is 0.261 e. The monoisotopic (exact) mass is 425 g/mol. The highest BCUT2D eigenvalue weighted by atomic mass is 35.5. The van der Waals surface area contributed by atoms with Gasteiger partial charge in [0.2, 0.25) is 0 Å². The Hall–Kier alpha value is -3.34. The first-order valence-electron chi connectivity index (χ1n) is 8.53. The van der Waals surface area contributed by atoms with Gasteiger partial charge in [-0.05, 0) is 60.2 Å². The number of halogens is 1. The van der Waals surface area contributed by atoms with Crippen LogP contribution in [-0.2, 0) is 16.4 Å². The molecular formula is C21H16ClN3O3S. The van der Waals surface area contributed by atoms with E-state index in [1.807, 2.05) is 0 Å². The Kier molecular flexibility index (Phi) is 6.17. The Morgan fingerprint density at radius 1 is 0.966 bits per heavy atom. The normalized spacial score (nSPS) is 10.8. The Bertz CT molecular complexity index is 1170. The minimum atomic E-state index is -3.81. The van der Waals surface area contributed by atoms with Gasteiger partial charge in [0.25, 0.3) is 15.9 Å². The van der Waals surface area contributed by atoms with Crippen LogP contribution in [0.3, 0.4) is 0 Å². The van der Waals surface area contributed by atoms with Crippen molar-refractivity contribution in [3.63, 3.8) is 0 Å². The van der Waals surface area contributed by atoms with Crippen LogP contribution < -0.4 is 10.0 Å². The molecule has 0 aliphatic carbocycles. The lowest BCUT2D eigenvalue weighted by Crippen LogP contribution is -2.15. The molecule has 0 radical (unpaired) electrons. The number of rotatable bonds is 6. The SMILES string of the molecule is N#CCc1ccc(NC(=O)c2cccc(NS(=O)(=O)c3ccc(Cl)cc3)c2)cc1. The molecule has 2 N–H and O–H groups in total. The maximum atomic E-state index is 12.5. The van der Waals surface area contributed by atoms with Gasteiger partial charge in [-0.1, -0.05) is 29.8 Å². The molecule has 0 saturated heterocycles. The minimum absolute atomic E-state index is 0.0641. The van der Waals surface area contributed by atoms with E-state index in [1.54, 1.807) is 42.5 Å². The summed E-state index contributed by atoms with van der Waals surface area (Å²) in [6.45, 7) is 0. The molecule has 0 bridgehead atoms. The van der Waals surface area contributed by atoms with Crippen molar-refractivity contribution in [2.45, 2.75) is 11.3 Å². The Morgan fingerprint density at radius 2 is 1.66 bits per heavy atom. The molecule has 0 aliphatic heterocycles. The number of benzene rings is 3. The molecule has 29 heavy (non-hydrogen) atoms. The van der Waals surface area contributed by atoms with Crippen LogP contribution >= 0.6 is 11.6 Å². The number of nitrogens with one attached hydrogen (secondary N) is 2. The molecule has 146 valence electrons. The fraction of sp³-hybridized carbons (Fsp3) is 0.0476. The van der Waals surface area contributed by atoms with E-state index in [1.165, 1.54) is 30.3 Å². The third-order valence-corrected chi connectivity index (χ3v) is 5.65. The number of anilines is 2. The van der Waals surface area contributed by atoms with Crippen molar-refractivity contribution >= 4 is 38.9 Å². The van der Waals surface area contributed by atoms with Crippen molar-refractivity contribution in [3.8, 4) is 6.07 Å². The standard InChI is InChI=1S/C21H16ClN3O3S/c22-17-6-10-20(11-7-17)29(27,28)25-19-3-1-2-16(14-19)21(26)24-18-8-4-15(5-9-18)12-13-23/h1-11,14,25H,12H2,(H,24,26). The molecule has 0 unspecified atom stereocenters. The molecule has 3 aromatic carbocycles. The highest BCUT2D eigenvalue weighted by Gasteiger charge is 2.15. The van der Waals surface area contributed by atoms with E-state index in [-0.39, 0.29) is 16.5 Å². The zero-order chi connectivity index (χ0) is 20.9. The second-order valence-electron chi connectivity index (χ2n) is 6.13. The fourth-order valence-corrected chi connectivity index (χ4v) is 3.73. The van der Waals surface area contributed by atoms with Crippen LogP contribution in [0.4, 0.5) is 11.4 Å². The molecule has 0 atom stereocenters. The summed E-state index contributed by atoms with van der Waals surface area (Å²) < 4.78 is 27.4. The van der Waals surface area contributed by atoms with Gasteiger partial charge >= 0.3 is 0 Å². The third-order valence-electron chi connectivity index (χ3n) is 4.00. The molecule has 6 nitrogen and oxygen atoms in total. The first-order chi connectivity index (χ1) is 13.9. The largest absolute Gasteiger partial charge is 0.322 e. The molecule has 0 heterocycles. The summed E-state index contributed by atoms with van der Waals surface area (Å²) in [4.78, 5) is 12.6. The van der Waals surface area contributed by atoms with E-state index < -0.39 is 10.0 Å². The summed E-state index contributed by atoms with van der Waals surface area (Å²) in [5, 5.41) is 11.9. The molecule has 0 aliphatic rings. The van der Waals surface area contributed by atoms with Crippen molar-refractivity contribution < 1.29 is 13.2 Å².